The molecule has 1 aromatic carbocycles. The maximum absolute atomic E-state index is 12.2. The van der Waals surface area contributed by atoms with Gasteiger partial charge in [0.2, 0.25) is 5.91 Å². The van der Waals surface area contributed by atoms with Crippen LogP contribution in [0.2, 0.25) is 5.02 Å². The molecule has 0 bridgehead atoms. The Bertz CT molecular complexity index is 682. The van der Waals surface area contributed by atoms with Gasteiger partial charge in [-0.05, 0) is 24.6 Å². The fourth-order valence-corrected chi connectivity index (χ4v) is 2.23. The van der Waals surface area contributed by atoms with E-state index in [9.17, 15) is 9.59 Å². The summed E-state index contributed by atoms with van der Waals surface area (Å²) in [6, 6.07) is 8.12. The lowest BCUT2D eigenvalue weighted by Gasteiger charge is -2.18. The number of halogens is 1. The molecule has 0 aliphatic rings. The van der Waals surface area contributed by atoms with Crippen LogP contribution in [0.1, 0.15) is 29.5 Å². The SMILES string of the molecule is COC(=O)CC(NC(=O)Cc1cc(C)on1)c1ccc(Cl)cc1. The summed E-state index contributed by atoms with van der Waals surface area (Å²) in [5.41, 5.74) is 1.30. The Morgan fingerprint density at radius 3 is 2.61 bits per heavy atom. The Hall–Kier alpha value is -2.34. The Morgan fingerprint density at radius 1 is 1.35 bits per heavy atom. The normalized spacial score (nSPS) is 11.8. The van der Waals surface area contributed by atoms with Crippen molar-refractivity contribution in [3.05, 3.63) is 52.4 Å². The van der Waals surface area contributed by atoms with Gasteiger partial charge in [0.1, 0.15) is 5.76 Å². The van der Waals surface area contributed by atoms with Crippen molar-refractivity contribution in [2.75, 3.05) is 7.11 Å². The first-order valence-electron chi connectivity index (χ1n) is 7.01. The van der Waals surface area contributed by atoms with Gasteiger partial charge in [0.05, 0.1) is 31.7 Å². The molecule has 23 heavy (non-hydrogen) atoms. The van der Waals surface area contributed by atoms with Crippen LogP contribution < -0.4 is 5.32 Å². The van der Waals surface area contributed by atoms with Crippen LogP contribution in [0.3, 0.4) is 0 Å². The highest BCUT2D eigenvalue weighted by Crippen LogP contribution is 2.20. The van der Waals surface area contributed by atoms with Crippen molar-refractivity contribution in [1.82, 2.24) is 10.5 Å². The van der Waals surface area contributed by atoms with Gasteiger partial charge in [0.15, 0.2) is 0 Å². The molecule has 122 valence electrons. The highest BCUT2D eigenvalue weighted by atomic mass is 35.5. The number of carbonyl (C=O) groups is 2. The first-order chi connectivity index (χ1) is 11.0. The van der Waals surface area contributed by atoms with Gasteiger partial charge >= 0.3 is 5.97 Å². The zero-order valence-electron chi connectivity index (χ0n) is 12.8. The van der Waals surface area contributed by atoms with E-state index in [1.807, 2.05) is 0 Å². The van der Waals surface area contributed by atoms with Crippen molar-refractivity contribution in [2.24, 2.45) is 0 Å². The molecule has 0 spiro atoms. The Balaban J connectivity index is 2.08. The van der Waals surface area contributed by atoms with E-state index < -0.39 is 12.0 Å². The number of nitrogens with zero attached hydrogens (tertiary/aromatic N) is 1. The minimum Gasteiger partial charge on any atom is -0.469 e. The van der Waals surface area contributed by atoms with E-state index in [1.165, 1.54) is 7.11 Å². The number of hydrogen-bond donors (Lipinski definition) is 1. The highest BCUT2D eigenvalue weighted by Gasteiger charge is 2.19. The largest absolute Gasteiger partial charge is 0.469 e. The number of esters is 1. The van der Waals surface area contributed by atoms with Gasteiger partial charge in [-0.2, -0.15) is 0 Å². The molecule has 6 nitrogen and oxygen atoms in total. The molecule has 0 saturated heterocycles. The standard InChI is InChI=1S/C16H17ClN2O4/c1-10-7-13(19-23-10)8-15(20)18-14(9-16(21)22-2)11-3-5-12(17)6-4-11/h3-7,14H,8-9H2,1-2H3,(H,18,20). The summed E-state index contributed by atoms with van der Waals surface area (Å²) in [5, 5.41) is 7.17. The van der Waals surface area contributed by atoms with Gasteiger partial charge in [-0.15, -0.1) is 0 Å². The zero-order valence-corrected chi connectivity index (χ0v) is 13.6. The first-order valence-corrected chi connectivity index (χ1v) is 7.39. The molecule has 1 atom stereocenters. The minimum atomic E-state index is -0.500. The van der Waals surface area contributed by atoms with Crippen LogP contribution in [0.15, 0.2) is 34.9 Å². The average molecular weight is 337 g/mol. The van der Waals surface area contributed by atoms with Gasteiger partial charge in [-0.3, -0.25) is 9.59 Å². The van der Waals surface area contributed by atoms with E-state index in [0.717, 1.165) is 5.56 Å². The van der Waals surface area contributed by atoms with Gasteiger partial charge < -0.3 is 14.6 Å². The second-order valence-corrected chi connectivity index (χ2v) is 5.49. The molecular weight excluding hydrogens is 320 g/mol. The smallest absolute Gasteiger partial charge is 0.307 e. The number of ether oxygens (including phenoxy) is 1. The molecule has 2 aromatic rings. The van der Waals surface area contributed by atoms with Crippen molar-refractivity contribution in [3.63, 3.8) is 0 Å². The number of aromatic nitrogens is 1. The Kier molecular flexibility index (Phi) is 5.76. The van der Waals surface area contributed by atoms with Gasteiger partial charge in [0.25, 0.3) is 0 Å². The lowest BCUT2D eigenvalue weighted by atomic mass is 10.0. The quantitative estimate of drug-likeness (QED) is 0.820. The van der Waals surface area contributed by atoms with E-state index in [1.54, 1.807) is 37.3 Å². The van der Waals surface area contributed by atoms with Crippen LogP contribution in [-0.4, -0.2) is 24.1 Å². The molecule has 1 amide bonds. The van der Waals surface area contributed by atoms with Crippen molar-refractivity contribution >= 4 is 23.5 Å². The van der Waals surface area contributed by atoms with Gasteiger partial charge in [-0.1, -0.05) is 28.9 Å². The number of aryl methyl sites for hydroxylation is 1. The first kappa shape index (κ1) is 17.0. The summed E-state index contributed by atoms with van der Waals surface area (Å²) < 4.78 is 9.62. The van der Waals surface area contributed by atoms with E-state index in [4.69, 9.17) is 16.1 Å². The van der Waals surface area contributed by atoms with Crippen molar-refractivity contribution < 1.29 is 18.8 Å². The van der Waals surface area contributed by atoms with E-state index in [0.29, 0.717) is 16.5 Å². The molecule has 0 fully saturated rings. The number of rotatable bonds is 6. The van der Waals surface area contributed by atoms with E-state index in [2.05, 4.69) is 15.2 Å². The van der Waals surface area contributed by atoms with E-state index in [-0.39, 0.29) is 18.7 Å². The van der Waals surface area contributed by atoms with Crippen LogP contribution in [0.4, 0.5) is 0 Å². The van der Waals surface area contributed by atoms with Gasteiger partial charge in [0, 0.05) is 11.1 Å². The van der Waals surface area contributed by atoms with Crippen LogP contribution in [0, 0.1) is 6.92 Å². The Labute approximate surface area is 138 Å². The molecule has 1 N–H and O–H groups in total. The summed E-state index contributed by atoms with van der Waals surface area (Å²) in [6.45, 7) is 1.75. The second-order valence-electron chi connectivity index (χ2n) is 5.06. The summed E-state index contributed by atoms with van der Waals surface area (Å²) in [7, 11) is 1.31. The maximum Gasteiger partial charge on any atom is 0.307 e. The summed E-state index contributed by atoms with van der Waals surface area (Å²) in [4.78, 5) is 23.7. The molecule has 0 aliphatic heterocycles. The van der Waals surface area contributed by atoms with Crippen LogP contribution in [-0.2, 0) is 20.7 Å². The maximum atomic E-state index is 12.2. The predicted octanol–water partition coefficient (Wildman–Crippen LogP) is 2.60. The Morgan fingerprint density at radius 2 is 2.04 bits per heavy atom. The lowest BCUT2D eigenvalue weighted by molar-refractivity contribution is -0.141. The predicted molar refractivity (Wildman–Crippen MR) is 83.9 cm³/mol. The molecule has 7 heteroatoms. The zero-order chi connectivity index (χ0) is 16.8. The monoisotopic (exact) mass is 336 g/mol. The summed E-state index contributed by atoms with van der Waals surface area (Å²) in [5.74, 6) is -0.0405. The number of benzene rings is 1. The molecular formula is C16H17ClN2O4. The van der Waals surface area contributed by atoms with Crippen LogP contribution >= 0.6 is 11.6 Å². The number of methoxy groups -OCH3 is 1. The average Bonchev–Trinajstić information content (AvgIpc) is 2.92. The number of amides is 1. The fourth-order valence-electron chi connectivity index (χ4n) is 2.11. The number of nitrogens with one attached hydrogen (secondary N) is 1. The summed E-state index contributed by atoms with van der Waals surface area (Å²) in [6.07, 6.45) is 0.102. The third kappa shape index (κ3) is 5.10. The third-order valence-electron chi connectivity index (χ3n) is 3.22. The molecule has 0 radical (unpaired) electrons. The molecule has 1 aromatic heterocycles. The lowest BCUT2D eigenvalue weighted by Crippen LogP contribution is -2.31. The second kappa shape index (κ2) is 7.78. The molecule has 0 saturated carbocycles. The van der Waals surface area contributed by atoms with Crippen molar-refractivity contribution in [1.29, 1.82) is 0 Å². The molecule has 1 heterocycles. The highest BCUT2D eigenvalue weighted by molar-refractivity contribution is 6.30. The third-order valence-corrected chi connectivity index (χ3v) is 3.48. The summed E-state index contributed by atoms with van der Waals surface area (Å²) >= 11 is 5.87. The van der Waals surface area contributed by atoms with Crippen molar-refractivity contribution in [2.45, 2.75) is 25.8 Å². The van der Waals surface area contributed by atoms with Crippen LogP contribution in [0.5, 0.6) is 0 Å². The number of hydrogen-bond acceptors (Lipinski definition) is 5. The fraction of sp³-hybridized carbons (Fsp3) is 0.312. The minimum absolute atomic E-state index is 0.0295. The van der Waals surface area contributed by atoms with E-state index >= 15 is 0 Å². The van der Waals surface area contributed by atoms with Crippen LogP contribution in [0.25, 0.3) is 0 Å². The van der Waals surface area contributed by atoms with Gasteiger partial charge in [-0.25, -0.2) is 0 Å². The topological polar surface area (TPSA) is 81.4 Å². The molecule has 0 aliphatic carbocycles. The molecule has 1 unspecified atom stereocenters. The molecule has 2 rings (SSSR count). The number of carbonyl (C=O) groups excluding carboxylic acids is 2. The van der Waals surface area contributed by atoms with Crippen molar-refractivity contribution in [3.8, 4) is 0 Å².